The van der Waals surface area contributed by atoms with Crippen LogP contribution in [0.25, 0.3) is 0 Å². The Morgan fingerprint density at radius 1 is 1.20 bits per heavy atom. The van der Waals surface area contributed by atoms with Crippen LogP contribution in [0.5, 0.6) is 5.75 Å². The largest absolute Gasteiger partial charge is 0.527 e. The van der Waals surface area contributed by atoms with E-state index in [4.69, 9.17) is 9.05 Å². The van der Waals surface area contributed by atoms with Crippen molar-refractivity contribution in [2.45, 2.75) is 26.4 Å². The zero-order valence-corrected chi connectivity index (χ0v) is 9.90. The monoisotopic (exact) mass is 230 g/mol. The molecule has 1 rings (SSSR count). The maximum Gasteiger partial charge on any atom is 0.527 e. The summed E-state index contributed by atoms with van der Waals surface area (Å²) in [5, 5.41) is 0. The van der Waals surface area contributed by atoms with Gasteiger partial charge in [-0.05, 0) is 32.9 Å². The van der Waals surface area contributed by atoms with E-state index in [1.807, 2.05) is 0 Å². The van der Waals surface area contributed by atoms with Gasteiger partial charge in [-0.15, -0.1) is 0 Å². The van der Waals surface area contributed by atoms with Gasteiger partial charge in [-0.3, -0.25) is 9.42 Å². The molecule has 1 aromatic carbocycles. The van der Waals surface area contributed by atoms with Gasteiger partial charge in [0.1, 0.15) is 5.75 Å². The molecular formula is C10H15O4P. The summed E-state index contributed by atoms with van der Waals surface area (Å²) in [5.74, 6) is 0.313. The summed E-state index contributed by atoms with van der Waals surface area (Å²) in [6.07, 6.45) is 0. The topological polar surface area (TPSA) is 55.8 Å². The molecule has 5 heteroatoms. The summed E-state index contributed by atoms with van der Waals surface area (Å²) >= 11 is 0. The molecule has 4 nitrogen and oxygen atoms in total. The van der Waals surface area contributed by atoms with E-state index in [9.17, 15) is 9.46 Å². The molecule has 0 aliphatic carbocycles. The SMILES string of the molecule is CC(C)(C)OP(=O)(O)Oc1ccccc1. The fourth-order valence-electron chi connectivity index (χ4n) is 0.979. The zero-order valence-electron chi connectivity index (χ0n) is 9.01. The zero-order chi connectivity index (χ0) is 11.5. The summed E-state index contributed by atoms with van der Waals surface area (Å²) in [6, 6.07) is 8.41. The lowest BCUT2D eigenvalue weighted by Gasteiger charge is -2.22. The average Bonchev–Trinajstić information content (AvgIpc) is 1.99. The van der Waals surface area contributed by atoms with E-state index in [0.717, 1.165) is 0 Å². The van der Waals surface area contributed by atoms with Crippen LogP contribution in [0.15, 0.2) is 30.3 Å². The molecule has 0 bridgehead atoms. The Kier molecular flexibility index (Phi) is 3.55. The molecule has 1 atom stereocenters. The maximum atomic E-state index is 11.5. The third-order valence-electron chi connectivity index (χ3n) is 1.35. The van der Waals surface area contributed by atoms with Crippen LogP contribution in [0.4, 0.5) is 0 Å². The summed E-state index contributed by atoms with van der Waals surface area (Å²) < 4.78 is 21.3. The van der Waals surface area contributed by atoms with Crippen LogP contribution < -0.4 is 4.52 Å². The normalized spacial score (nSPS) is 15.7. The molecule has 0 aromatic heterocycles. The predicted molar refractivity (Wildman–Crippen MR) is 57.7 cm³/mol. The maximum absolute atomic E-state index is 11.5. The molecule has 0 spiro atoms. The van der Waals surface area contributed by atoms with E-state index in [-0.39, 0.29) is 0 Å². The molecule has 0 saturated heterocycles. The summed E-state index contributed by atoms with van der Waals surface area (Å²) in [5.41, 5.74) is -0.723. The van der Waals surface area contributed by atoms with Gasteiger partial charge in [0.05, 0.1) is 5.60 Å². The first-order chi connectivity index (χ1) is 6.79. The summed E-state index contributed by atoms with van der Waals surface area (Å²) in [6.45, 7) is 5.05. The van der Waals surface area contributed by atoms with Gasteiger partial charge < -0.3 is 4.52 Å². The molecule has 0 heterocycles. The number of para-hydroxylation sites is 1. The standard InChI is InChI=1S/C10H15O4P/c1-10(2,3)14-15(11,12)13-9-7-5-4-6-8-9/h4-8H,1-3H3,(H,11,12). The van der Waals surface area contributed by atoms with Crippen LogP contribution in [0.3, 0.4) is 0 Å². The molecule has 0 radical (unpaired) electrons. The van der Waals surface area contributed by atoms with Crippen molar-refractivity contribution >= 4 is 7.82 Å². The van der Waals surface area contributed by atoms with Crippen molar-refractivity contribution in [3.63, 3.8) is 0 Å². The number of hydrogen-bond acceptors (Lipinski definition) is 3. The minimum Gasteiger partial charge on any atom is -0.404 e. The van der Waals surface area contributed by atoms with Crippen molar-refractivity contribution in [1.82, 2.24) is 0 Å². The van der Waals surface area contributed by atoms with Crippen LogP contribution in [-0.4, -0.2) is 10.5 Å². The fraction of sp³-hybridized carbons (Fsp3) is 0.400. The second kappa shape index (κ2) is 4.35. The number of hydrogen-bond donors (Lipinski definition) is 1. The van der Waals surface area contributed by atoms with Gasteiger partial charge in [0.25, 0.3) is 0 Å². The molecule has 0 amide bonds. The molecular weight excluding hydrogens is 215 g/mol. The Balaban J connectivity index is 2.69. The van der Waals surface area contributed by atoms with Crippen molar-refractivity contribution in [3.8, 4) is 5.75 Å². The smallest absolute Gasteiger partial charge is 0.404 e. The minimum absolute atomic E-state index is 0.313. The van der Waals surface area contributed by atoms with Gasteiger partial charge in [-0.2, -0.15) is 0 Å². The van der Waals surface area contributed by atoms with Gasteiger partial charge in [0.2, 0.25) is 0 Å². The second-order valence-electron chi connectivity index (χ2n) is 4.08. The van der Waals surface area contributed by atoms with Gasteiger partial charge >= 0.3 is 7.82 Å². The highest BCUT2D eigenvalue weighted by atomic mass is 31.2. The number of phosphoric acid groups is 1. The molecule has 0 aliphatic heterocycles. The Morgan fingerprint density at radius 3 is 2.20 bits per heavy atom. The van der Waals surface area contributed by atoms with Gasteiger partial charge in [0, 0.05) is 0 Å². The molecule has 0 saturated carbocycles. The van der Waals surface area contributed by atoms with E-state index >= 15 is 0 Å². The molecule has 1 aromatic rings. The minimum atomic E-state index is -4.04. The second-order valence-corrected chi connectivity index (χ2v) is 5.38. The van der Waals surface area contributed by atoms with Crippen LogP contribution in [0.2, 0.25) is 0 Å². The van der Waals surface area contributed by atoms with E-state index in [0.29, 0.717) is 5.75 Å². The first-order valence-electron chi connectivity index (χ1n) is 4.57. The number of benzene rings is 1. The fourth-order valence-corrected chi connectivity index (χ4v) is 2.10. The van der Waals surface area contributed by atoms with Gasteiger partial charge in [0.15, 0.2) is 0 Å². The van der Waals surface area contributed by atoms with E-state index in [1.54, 1.807) is 51.1 Å². The Hall–Kier alpha value is -0.830. The van der Waals surface area contributed by atoms with Crippen molar-refractivity contribution in [3.05, 3.63) is 30.3 Å². The lowest BCUT2D eigenvalue weighted by Crippen LogP contribution is -2.18. The van der Waals surface area contributed by atoms with Crippen LogP contribution in [0.1, 0.15) is 20.8 Å². The summed E-state index contributed by atoms with van der Waals surface area (Å²) in [7, 11) is -4.04. The molecule has 1 N–H and O–H groups in total. The molecule has 15 heavy (non-hydrogen) atoms. The van der Waals surface area contributed by atoms with Gasteiger partial charge in [-0.25, -0.2) is 4.57 Å². The third-order valence-corrected chi connectivity index (χ3v) is 2.57. The number of rotatable bonds is 3. The first-order valence-corrected chi connectivity index (χ1v) is 6.06. The Morgan fingerprint density at radius 2 is 1.73 bits per heavy atom. The first kappa shape index (κ1) is 12.2. The van der Waals surface area contributed by atoms with E-state index in [1.165, 1.54) is 0 Å². The quantitative estimate of drug-likeness (QED) is 0.811. The van der Waals surface area contributed by atoms with Crippen LogP contribution in [0, 0.1) is 0 Å². The highest BCUT2D eigenvalue weighted by molar-refractivity contribution is 7.47. The lowest BCUT2D eigenvalue weighted by atomic mass is 10.2. The van der Waals surface area contributed by atoms with E-state index < -0.39 is 13.4 Å². The van der Waals surface area contributed by atoms with Crippen molar-refractivity contribution < 1.29 is 18.5 Å². The van der Waals surface area contributed by atoms with Crippen molar-refractivity contribution in [1.29, 1.82) is 0 Å². The molecule has 1 unspecified atom stereocenters. The number of phosphoric ester groups is 1. The van der Waals surface area contributed by atoms with Crippen molar-refractivity contribution in [2.75, 3.05) is 0 Å². The summed E-state index contributed by atoms with van der Waals surface area (Å²) in [4.78, 5) is 9.41. The lowest BCUT2D eigenvalue weighted by molar-refractivity contribution is 0.0847. The molecule has 84 valence electrons. The Labute approximate surface area is 89.5 Å². The van der Waals surface area contributed by atoms with Gasteiger partial charge in [-0.1, -0.05) is 18.2 Å². The van der Waals surface area contributed by atoms with E-state index in [2.05, 4.69) is 0 Å². The predicted octanol–water partition coefficient (Wildman–Crippen LogP) is 2.98. The molecule has 0 aliphatic rings. The highest BCUT2D eigenvalue weighted by Gasteiger charge is 2.29. The third kappa shape index (κ3) is 4.98. The highest BCUT2D eigenvalue weighted by Crippen LogP contribution is 2.47. The molecule has 0 fully saturated rings. The van der Waals surface area contributed by atoms with Crippen LogP contribution in [-0.2, 0) is 9.09 Å². The van der Waals surface area contributed by atoms with Crippen LogP contribution >= 0.6 is 7.82 Å². The average molecular weight is 230 g/mol. The van der Waals surface area contributed by atoms with Crippen molar-refractivity contribution in [2.24, 2.45) is 0 Å². The Bertz CT molecular complexity index is 355.